The number of rotatable bonds is 3. The average Bonchev–Trinajstić information content (AvgIpc) is 2.56. The molecule has 1 aliphatic heterocycles. The smallest absolute Gasteiger partial charge is 0.255 e. The Morgan fingerprint density at radius 2 is 1.83 bits per heavy atom. The van der Waals surface area contributed by atoms with Crippen molar-refractivity contribution in [1.29, 1.82) is 0 Å². The standard InChI is InChI=1S/C19H23N3O/c1-15-6-5-7-16(14-15)19(23)20-17-8-3-4-9-18(17)22-12-10-21(2)11-13-22/h3-9,14H,10-13H2,1-2H3,(H,20,23)/p+1. The van der Waals surface area contributed by atoms with Gasteiger partial charge in [0, 0.05) is 5.56 Å². The van der Waals surface area contributed by atoms with Gasteiger partial charge in [0.05, 0.1) is 44.6 Å². The summed E-state index contributed by atoms with van der Waals surface area (Å²) in [6.07, 6.45) is 0. The molecule has 0 atom stereocenters. The molecule has 1 aliphatic rings. The monoisotopic (exact) mass is 310 g/mol. The predicted octanol–water partition coefficient (Wildman–Crippen LogP) is 1.58. The number of amides is 1. The van der Waals surface area contributed by atoms with Crippen LogP contribution in [0.3, 0.4) is 0 Å². The summed E-state index contributed by atoms with van der Waals surface area (Å²) in [6.45, 7) is 6.28. The fraction of sp³-hybridized carbons (Fsp3) is 0.316. The van der Waals surface area contributed by atoms with Gasteiger partial charge in [0.1, 0.15) is 0 Å². The first-order chi connectivity index (χ1) is 11.1. The Labute approximate surface area is 137 Å². The fourth-order valence-corrected chi connectivity index (χ4v) is 2.97. The summed E-state index contributed by atoms with van der Waals surface area (Å²) in [5.41, 5.74) is 3.79. The van der Waals surface area contributed by atoms with Gasteiger partial charge in [-0.05, 0) is 31.2 Å². The molecule has 0 bridgehead atoms. The largest absolute Gasteiger partial charge is 0.359 e. The fourth-order valence-electron chi connectivity index (χ4n) is 2.97. The van der Waals surface area contributed by atoms with Crippen molar-refractivity contribution in [3.63, 3.8) is 0 Å². The molecule has 0 unspecified atom stereocenters. The molecular weight excluding hydrogens is 286 g/mol. The van der Waals surface area contributed by atoms with E-state index in [4.69, 9.17) is 0 Å². The molecule has 2 aromatic carbocycles. The van der Waals surface area contributed by atoms with E-state index < -0.39 is 0 Å². The van der Waals surface area contributed by atoms with Gasteiger partial charge in [-0.25, -0.2) is 0 Å². The molecule has 1 heterocycles. The first-order valence-electron chi connectivity index (χ1n) is 8.17. The Kier molecular flexibility index (Phi) is 4.63. The van der Waals surface area contributed by atoms with Crippen LogP contribution in [-0.2, 0) is 0 Å². The molecular formula is C19H24N3O+. The third-order valence-corrected chi connectivity index (χ3v) is 4.39. The second-order valence-electron chi connectivity index (χ2n) is 6.28. The van der Waals surface area contributed by atoms with Gasteiger partial charge in [-0.3, -0.25) is 4.79 Å². The lowest BCUT2D eigenvalue weighted by atomic mass is 10.1. The molecule has 0 saturated carbocycles. The average molecular weight is 310 g/mol. The lowest BCUT2D eigenvalue weighted by Crippen LogP contribution is -3.12. The van der Waals surface area contributed by atoms with Crippen molar-refractivity contribution in [2.75, 3.05) is 43.4 Å². The Morgan fingerprint density at radius 3 is 2.57 bits per heavy atom. The number of para-hydroxylation sites is 2. The molecule has 120 valence electrons. The van der Waals surface area contributed by atoms with Crippen LogP contribution in [0.5, 0.6) is 0 Å². The second-order valence-corrected chi connectivity index (χ2v) is 6.28. The van der Waals surface area contributed by atoms with Crippen molar-refractivity contribution in [3.05, 3.63) is 59.7 Å². The molecule has 0 aliphatic carbocycles. The molecule has 0 radical (unpaired) electrons. The van der Waals surface area contributed by atoms with E-state index in [-0.39, 0.29) is 5.91 Å². The number of hydrogen-bond acceptors (Lipinski definition) is 2. The zero-order valence-electron chi connectivity index (χ0n) is 13.8. The molecule has 1 saturated heterocycles. The zero-order valence-corrected chi connectivity index (χ0v) is 13.8. The molecule has 4 heteroatoms. The molecule has 4 nitrogen and oxygen atoms in total. The molecule has 3 rings (SSSR count). The Morgan fingerprint density at radius 1 is 1.09 bits per heavy atom. The minimum Gasteiger partial charge on any atom is -0.359 e. The number of benzene rings is 2. The van der Waals surface area contributed by atoms with Gasteiger partial charge >= 0.3 is 0 Å². The third-order valence-electron chi connectivity index (χ3n) is 4.39. The van der Waals surface area contributed by atoms with Gasteiger partial charge in [-0.15, -0.1) is 0 Å². The van der Waals surface area contributed by atoms with Crippen LogP contribution in [0.4, 0.5) is 11.4 Å². The van der Waals surface area contributed by atoms with Crippen LogP contribution in [0.2, 0.25) is 0 Å². The van der Waals surface area contributed by atoms with Crippen LogP contribution in [0.1, 0.15) is 15.9 Å². The van der Waals surface area contributed by atoms with Crippen LogP contribution in [0.15, 0.2) is 48.5 Å². The molecule has 0 spiro atoms. The summed E-state index contributed by atoms with van der Waals surface area (Å²) in [7, 11) is 2.22. The topological polar surface area (TPSA) is 36.8 Å². The SMILES string of the molecule is Cc1cccc(C(=O)Nc2ccccc2N2CC[NH+](C)CC2)c1. The second kappa shape index (κ2) is 6.84. The summed E-state index contributed by atoms with van der Waals surface area (Å²) in [5, 5.41) is 3.08. The van der Waals surface area contributed by atoms with Crippen molar-refractivity contribution < 1.29 is 9.69 Å². The highest BCUT2D eigenvalue weighted by atomic mass is 16.1. The summed E-state index contributed by atoms with van der Waals surface area (Å²) in [6, 6.07) is 15.7. The summed E-state index contributed by atoms with van der Waals surface area (Å²) < 4.78 is 0. The molecule has 23 heavy (non-hydrogen) atoms. The number of likely N-dealkylation sites (N-methyl/N-ethyl adjacent to an activating group) is 1. The molecule has 1 amide bonds. The van der Waals surface area contributed by atoms with Gasteiger partial charge < -0.3 is 15.1 Å². The highest BCUT2D eigenvalue weighted by Gasteiger charge is 2.19. The number of piperazine rings is 1. The number of carbonyl (C=O) groups excluding carboxylic acids is 1. The van der Waals surface area contributed by atoms with E-state index in [9.17, 15) is 4.79 Å². The van der Waals surface area contributed by atoms with Crippen LogP contribution < -0.4 is 15.1 Å². The molecule has 2 N–H and O–H groups in total. The first kappa shape index (κ1) is 15.6. The number of nitrogens with zero attached hydrogens (tertiary/aromatic N) is 1. The van der Waals surface area contributed by atoms with Crippen molar-refractivity contribution >= 4 is 17.3 Å². The van der Waals surface area contributed by atoms with E-state index >= 15 is 0 Å². The minimum atomic E-state index is -0.0547. The zero-order chi connectivity index (χ0) is 16.2. The van der Waals surface area contributed by atoms with Gasteiger partial charge in [0.25, 0.3) is 5.91 Å². The highest BCUT2D eigenvalue weighted by molar-refractivity contribution is 6.06. The summed E-state index contributed by atoms with van der Waals surface area (Å²) >= 11 is 0. The van der Waals surface area contributed by atoms with E-state index in [1.54, 1.807) is 4.90 Å². The van der Waals surface area contributed by atoms with E-state index in [0.717, 1.165) is 43.1 Å². The quantitative estimate of drug-likeness (QED) is 0.903. The van der Waals surface area contributed by atoms with Crippen molar-refractivity contribution in [1.82, 2.24) is 0 Å². The van der Waals surface area contributed by atoms with Crippen LogP contribution in [0, 0.1) is 6.92 Å². The van der Waals surface area contributed by atoms with Crippen LogP contribution in [-0.4, -0.2) is 39.1 Å². The maximum atomic E-state index is 12.5. The molecule has 2 aromatic rings. The van der Waals surface area contributed by atoms with Gasteiger partial charge in [0.15, 0.2) is 0 Å². The third kappa shape index (κ3) is 3.71. The normalized spacial score (nSPS) is 15.5. The highest BCUT2D eigenvalue weighted by Crippen LogP contribution is 2.26. The van der Waals surface area contributed by atoms with Crippen molar-refractivity contribution in [2.45, 2.75) is 6.92 Å². The molecule has 1 fully saturated rings. The Hall–Kier alpha value is -2.33. The van der Waals surface area contributed by atoms with Gasteiger partial charge in [0.2, 0.25) is 0 Å². The summed E-state index contributed by atoms with van der Waals surface area (Å²) in [5.74, 6) is -0.0547. The van der Waals surface area contributed by atoms with E-state index in [2.05, 4.69) is 23.3 Å². The van der Waals surface area contributed by atoms with Crippen LogP contribution >= 0.6 is 0 Å². The predicted molar refractivity (Wildman–Crippen MR) is 94.4 cm³/mol. The maximum absolute atomic E-state index is 12.5. The maximum Gasteiger partial charge on any atom is 0.255 e. The number of carbonyl (C=O) groups is 1. The minimum absolute atomic E-state index is 0.0547. The number of nitrogens with one attached hydrogen (secondary N) is 2. The van der Waals surface area contributed by atoms with Gasteiger partial charge in [-0.2, -0.15) is 0 Å². The number of aryl methyl sites for hydroxylation is 1. The molecule has 0 aromatic heterocycles. The number of hydrogen-bond donors (Lipinski definition) is 2. The van der Waals surface area contributed by atoms with Crippen molar-refractivity contribution in [2.24, 2.45) is 0 Å². The number of quaternary nitrogens is 1. The summed E-state index contributed by atoms with van der Waals surface area (Å²) in [4.78, 5) is 16.4. The Bertz CT molecular complexity index is 691. The van der Waals surface area contributed by atoms with Gasteiger partial charge in [-0.1, -0.05) is 29.8 Å². The van der Waals surface area contributed by atoms with E-state index in [0.29, 0.717) is 5.56 Å². The van der Waals surface area contributed by atoms with Crippen molar-refractivity contribution in [3.8, 4) is 0 Å². The number of anilines is 2. The Balaban J connectivity index is 1.79. The van der Waals surface area contributed by atoms with E-state index in [1.807, 2.05) is 49.4 Å². The first-order valence-corrected chi connectivity index (χ1v) is 8.17. The van der Waals surface area contributed by atoms with E-state index in [1.165, 1.54) is 0 Å². The van der Waals surface area contributed by atoms with Crippen LogP contribution in [0.25, 0.3) is 0 Å². The lowest BCUT2D eigenvalue weighted by Gasteiger charge is -2.33. The lowest BCUT2D eigenvalue weighted by molar-refractivity contribution is -0.880.